The minimum atomic E-state index is -0.601. The van der Waals surface area contributed by atoms with Crippen LogP contribution in [0.15, 0.2) is 24.3 Å². The zero-order valence-corrected chi connectivity index (χ0v) is 8.40. The van der Waals surface area contributed by atoms with Gasteiger partial charge in [-0.3, -0.25) is 0 Å². The van der Waals surface area contributed by atoms with Gasteiger partial charge in [-0.1, -0.05) is 19.1 Å². The molecule has 0 aromatic heterocycles. The lowest BCUT2D eigenvalue weighted by atomic mass is 9.98. The molecule has 1 aromatic carbocycles. The van der Waals surface area contributed by atoms with Crippen LogP contribution in [0, 0.1) is 11.7 Å². The molecule has 3 heteroatoms. The molecule has 0 amide bonds. The van der Waals surface area contributed by atoms with E-state index in [4.69, 9.17) is 4.74 Å². The van der Waals surface area contributed by atoms with Gasteiger partial charge in [0.15, 0.2) is 0 Å². The number of rotatable bonds is 4. The molecule has 1 N–H and O–H groups in total. The summed E-state index contributed by atoms with van der Waals surface area (Å²) in [4.78, 5) is 0. The van der Waals surface area contributed by atoms with Gasteiger partial charge in [0.1, 0.15) is 5.82 Å². The maximum absolute atomic E-state index is 12.6. The number of aliphatic hydroxyl groups excluding tert-OH is 1. The highest BCUT2D eigenvalue weighted by molar-refractivity contribution is 5.18. The summed E-state index contributed by atoms with van der Waals surface area (Å²) in [5, 5.41) is 9.81. The predicted molar refractivity (Wildman–Crippen MR) is 52.4 cm³/mol. The van der Waals surface area contributed by atoms with Gasteiger partial charge in [0.25, 0.3) is 0 Å². The number of methoxy groups -OCH3 is 1. The summed E-state index contributed by atoms with van der Waals surface area (Å²) in [6, 6.07) is 5.87. The molecule has 2 atom stereocenters. The van der Waals surface area contributed by atoms with Gasteiger partial charge in [-0.2, -0.15) is 0 Å². The van der Waals surface area contributed by atoms with E-state index in [0.29, 0.717) is 6.61 Å². The van der Waals surface area contributed by atoms with Gasteiger partial charge in [-0.25, -0.2) is 4.39 Å². The molecule has 0 fully saturated rings. The van der Waals surface area contributed by atoms with Crippen molar-refractivity contribution in [2.24, 2.45) is 5.92 Å². The maximum atomic E-state index is 12.6. The van der Waals surface area contributed by atoms with Gasteiger partial charge in [0.05, 0.1) is 12.7 Å². The average Bonchev–Trinajstić information content (AvgIpc) is 2.18. The normalized spacial score (nSPS) is 15.1. The van der Waals surface area contributed by atoms with E-state index in [9.17, 15) is 9.50 Å². The molecule has 2 unspecified atom stereocenters. The molecule has 14 heavy (non-hydrogen) atoms. The fourth-order valence-corrected chi connectivity index (χ4v) is 1.34. The lowest BCUT2D eigenvalue weighted by Crippen LogP contribution is -2.14. The molecule has 2 nitrogen and oxygen atoms in total. The highest BCUT2D eigenvalue weighted by atomic mass is 19.1. The number of hydrogen-bond acceptors (Lipinski definition) is 2. The van der Waals surface area contributed by atoms with Gasteiger partial charge in [0, 0.05) is 13.0 Å². The minimum Gasteiger partial charge on any atom is -0.388 e. The molecular formula is C11H15FO2. The van der Waals surface area contributed by atoms with Crippen LogP contribution in [0.5, 0.6) is 0 Å². The highest BCUT2D eigenvalue weighted by Gasteiger charge is 2.15. The van der Waals surface area contributed by atoms with Crippen molar-refractivity contribution < 1.29 is 14.2 Å². The Labute approximate surface area is 83.3 Å². The van der Waals surface area contributed by atoms with E-state index in [2.05, 4.69) is 0 Å². The van der Waals surface area contributed by atoms with Crippen molar-refractivity contribution in [1.29, 1.82) is 0 Å². The third kappa shape index (κ3) is 2.79. The monoisotopic (exact) mass is 198 g/mol. The van der Waals surface area contributed by atoms with Gasteiger partial charge < -0.3 is 9.84 Å². The van der Waals surface area contributed by atoms with Gasteiger partial charge in [-0.05, 0) is 17.7 Å². The van der Waals surface area contributed by atoms with E-state index in [1.54, 1.807) is 19.2 Å². The van der Waals surface area contributed by atoms with Gasteiger partial charge in [0.2, 0.25) is 0 Å². The van der Waals surface area contributed by atoms with E-state index in [1.807, 2.05) is 6.92 Å². The van der Waals surface area contributed by atoms with Crippen LogP contribution in [-0.2, 0) is 4.74 Å². The second-order valence-corrected chi connectivity index (χ2v) is 3.43. The van der Waals surface area contributed by atoms with Crippen molar-refractivity contribution in [3.05, 3.63) is 35.6 Å². The van der Waals surface area contributed by atoms with Crippen molar-refractivity contribution in [1.82, 2.24) is 0 Å². The molecule has 0 radical (unpaired) electrons. The quantitative estimate of drug-likeness (QED) is 0.803. The topological polar surface area (TPSA) is 29.5 Å². The lowest BCUT2D eigenvalue weighted by Gasteiger charge is -2.18. The van der Waals surface area contributed by atoms with Crippen molar-refractivity contribution in [3.63, 3.8) is 0 Å². The Balaban J connectivity index is 2.68. The van der Waals surface area contributed by atoms with Crippen LogP contribution >= 0.6 is 0 Å². The first-order valence-corrected chi connectivity index (χ1v) is 4.57. The molecule has 0 saturated heterocycles. The summed E-state index contributed by atoms with van der Waals surface area (Å²) in [6.45, 7) is 2.37. The summed E-state index contributed by atoms with van der Waals surface area (Å²) in [6.07, 6.45) is -0.601. The number of ether oxygens (including phenoxy) is 1. The molecule has 0 aliphatic carbocycles. The molecule has 0 spiro atoms. The molecule has 0 aliphatic rings. The summed E-state index contributed by atoms with van der Waals surface area (Å²) in [5.74, 6) is -0.286. The van der Waals surface area contributed by atoms with Crippen molar-refractivity contribution in [2.75, 3.05) is 13.7 Å². The fourth-order valence-electron chi connectivity index (χ4n) is 1.34. The largest absolute Gasteiger partial charge is 0.388 e. The molecule has 0 saturated carbocycles. The van der Waals surface area contributed by atoms with Crippen LogP contribution in [-0.4, -0.2) is 18.8 Å². The second-order valence-electron chi connectivity index (χ2n) is 3.43. The van der Waals surface area contributed by atoms with Gasteiger partial charge in [-0.15, -0.1) is 0 Å². The first kappa shape index (κ1) is 11.1. The van der Waals surface area contributed by atoms with E-state index in [-0.39, 0.29) is 11.7 Å². The average molecular weight is 198 g/mol. The Bertz CT molecular complexity index is 271. The molecule has 0 bridgehead atoms. The van der Waals surface area contributed by atoms with Crippen LogP contribution in [0.25, 0.3) is 0 Å². The molecule has 0 heterocycles. The Morgan fingerprint density at radius 1 is 1.36 bits per heavy atom. The lowest BCUT2D eigenvalue weighted by molar-refractivity contribution is 0.0566. The van der Waals surface area contributed by atoms with Crippen LogP contribution in [0.1, 0.15) is 18.6 Å². The third-order valence-corrected chi connectivity index (χ3v) is 2.18. The summed E-state index contributed by atoms with van der Waals surface area (Å²) < 4.78 is 17.5. The standard InChI is InChI=1S/C11H15FO2/c1-8(7-14-2)11(13)9-3-5-10(12)6-4-9/h3-6,8,11,13H,7H2,1-2H3. The molecule has 1 aromatic rings. The Morgan fingerprint density at radius 3 is 2.43 bits per heavy atom. The first-order valence-electron chi connectivity index (χ1n) is 4.57. The van der Waals surface area contributed by atoms with Gasteiger partial charge >= 0.3 is 0 Å². The van der Waals surface area contributed by atoms with E-state index >= 15 is 0 Å². The molecular weight excluding hydrogens is 183 g/mol. The van der Waals surface area contributed by atoms with Crippen molar-refractivity contribution in [3.8, 4) is 0 Å². The molecule has 0 aliphatic heterocycles. The van der Waals surface area contributed by atoms with E-state index in [1.165, 1.54) is 12.1 Å². The SMILES string of the molecule is COCC(C)C(O)c1ccc(F)cc1. The second kappa shape index (κ2) is 5.08. The minimum absolute atomic E-state index is 0.00506. The van der Waals surface area contributed by atoms with Crippen LogP contribution < -0.4 is 0 Å². The zero-order valence-electron chi connectivity index (χ0n) is 8.40. The van der Waals surface area contributed by atoms with E-state index in [0.717, 1.165) is 5.56 Å². The fraction of sp³-hybridized carbons (Fsp3) is 0.455. The first-order chi connectivity index (χ1) is 6.65. The third-order valence-electron chi connectivity index (χ3n) is 2.18. The predicted octanol–water partition coefficient (Wildman–Crippen LogP) is 2.14. The molecule has 1 rings (SSSR count). The Morgan fingerprint density at radius 2 is 1.93 bits per heavy atom. The maximum Gasteiger partial charge on any atom is 0.123 e. The van der Waals surface area contributed by atoms with Crippen molar-refractivity contribution in [2.45, 2.75) is 13.0 Å². The summed E-state index contributed by atoms with van der Waals surface area (Å²) >= 11 is 0. The Hall–Kier alpha value is -0.930. The summed E-state index contributed by atoms with van der Waals surface area (Å²) in [5.41, 5.74) is 0.718. The van der Waals surface area contributed by atoms with Crippen LogP contribution in [0.2, 0.25) is 0 Å². The summed E-state index contributed by atoms with van der Waals surface area (Å²) in [7, 11) is 1.59. The number of hydrogen-bond donors (Lipinski definition) is 1. The number of aliphatic hydroxyl groups is 1. The highest BCUT2D eigenvalue weighted by Crippen LogP contribution is 2.21. The van der Waals surface area contributed by atoms with E-state index < -0.39 is 6.10 Å². The van der Waals surface area contributed by atoms with Crippen LogP contribution in [0.3, 0.4) is 0 Å². The van der Waals surface area contributed by atoms with Crippen molar-refractivity contribution >= 4 is 0 Å². The zero-order chi connectivity index (χ0) is 10.6. The smallest absolute Gasteiger partial charge is 0.123 e. The molecule has 78 valence electrons. The Kier molecular flexibility index (Phi) is 4.04. The number of benzene rings is 1. The number of halogens is 1. The van der Waals surface area contributed by atoms with Crippen LogP contribution in [0.4, 0.5) is 4.39 Å².